The molecule has 0 aliphatic rings. The highest BCUT2D eigenvalue weighted by atomic mass is 16.5. The van der Waals surface area contributed by atoms with Crippen LogP contribution in [0.25, 0.3) is 0 Å². The highest BCUT2D eigenvalue weighted by molar-refractivity contribution is 5.33. The van der Waals surface area contributed by atoms with Crippen molar-refractivity contribution in [2.75, 3.05) is 19.8 Å². The Hall–Kier alpha value is -1.06. The first-order chi connectivity index (χ1) is 8.15. The second-order valence-electron chi connectivity index (χ2n) is 4.50. The van der Waals surface area contributed by atoms with Crippen molar-refractivity contribution in [1.29, 1.82) is 0 Å². The van der Waals surface area contributed by atoms with Crippen LogP contribution in [0.2, 0.25) is 0 Å². The normalized spacial score (nSPS) is 14.4. The zero-order chi connectivity index (χ0) is 12.7. The Balaban J connectivity index is 2.65. The van der Waals surface area contributed by atoms with E-state index in [0.29, 0.717) is 6.61 Å². The lowest BCUT2D eigenvalue weighted by Crippen LogP contribution is -2.50. The van der Waals surface area contributed by atoms with E-state index in [1.807, 2.05) is 32.0 Å². The van der Waals surface area contributed by atoms with Crippen LogP contribution >= 0.6 is 0 Å². The van der Waals surface area contributed by atoms with Gasteiger partial charge in [-0.25, -0.2) is 0 Å². The predicted molar refractivity (Wildman–Crippen MR) is 70.5 cm³/mol. The Bertz CT molecular complexity index is 341. The van der Waals surface area contributed by atoms with Gasteiger partial charge in [0, 0.05) is 0 Å². The fraction of sp³-hybridized carbons (Fsp3) is 0.571. The summed E-state index contributed by atoms with van der Waals surface area (Å²) in [6.07, 6.45) is 0.952. The lowest BCUT2D eigenvalue weighted by atomic mass is 10.1. The van der Waals surface area contributed by atoms with E-state index in [4.69, 9.17) is 4.74 Å². The summed E-state index contributed by atoms with van der Waals surface area (Å²) in [5, 5.41) is 12.6. The summed E-state index contributed by atoms with van der Waals surface area (Å²) in [7, 11) is 0. The average Bonchev–Trinajstić information content (AvgIpc) is 2.37. The molecule has 0 saturated carbocycles. The summed E-state index contributed by atoms with van der Waals surface area (Å²) in [6, 6.07) is 8.03. The van der Waals surface area contributed by atoms with Gasteiger partial charge in [-0.1, -0.05) is 32.0 Å². The molecule has 1 aromatic carbocycles. The maximum Gasteiger partial charge on any atom is 0.122 e. The van der Waals surface area contributed by atoms with Crippen molar-refractivity contribution in [3.8, 4) is 5.75 Å². The number of aliphatic hydroxyl groups excluding tert-OH is 1. The molecule has 0 heterocycles. The zero-order valence-corrected chi connectivity index (χ0v) is 11.0. The van der Waals surface area contributed by atoms with Crippen molar-refractivity contribution in [2.45, 2.75) is 32.7 Å². The molecule has 2 N–H and O–H groups in total. The number of ether oxygens (including phenoxy) is 1. The van der Waals surface area contributed by atoms with Crippen molar-refractivity contribution >= 4 is 0 Å². The third-order valence-corrected chi connectivity index (χ3v) is 2.85. The van der Waals surface area contributed by atoms with Gasteiger partial charge >= 0.3 is 0 Å². The minimum Gasteiger partial charge on any atom is -0.491 e. The molecule has 0 spiro atoms. The van der Waals surface area contributed by atoms with E-state index in [9.17, 15) is 5.11 Å². The molecule has 3 heteroatoms. The smallest absolute Gasteiger partial charge is 0.122 e. The molecule has 3 nitrogen and oxygen atoms in total. The van der Waals surface area contributed by atoms with Gasteiger partial charge in [-0.2, -0.15) is 0 Å². The largest absolute Gasteiger partial charge is 0.491 e. The Kier molecular flexibility index (Phi) is 5.45. The molecule has 1 aromatic rings. The van der Waals surface area contributed by atoms with E-state index in [1.54, 1.807) is 0 Å². The highest BCUT2D eigenvalue weighted by Gasteiger charge is 2.23. The van der Waals surface area contributed by atoms with Crippen LogP contribution in [-0.2, 0) is 6.42 Å². The number of aliphatic hydroxyl groups is 1. The molecule has 1 rings (SSSR count). The fourth-order valence-electron chi connectivity index (χ4n) is 1.75. The number of hydrogen-bond donors (Lipinski definition) is 2. The third-order valence-electron chi connectivity index (χ3n) is 2.85. The standard InChI is InChI=1S/C14H23NO2/c1-4-12-8-6-7-9-13(12)17-11-14(3,10-16)15-5-2/h6-9,15-16H,4-5,10-11H2,1-3H3. The Morgan fingerprint density at radius 1 is 1.29 bits per heavy atom. The maximum absolute atomic E-state index is 9.38. The van der Waals surface area contributed by atoms with Crippen LogP contribution in [0.4, 0.5) is 0 Å². The zero-order valence-electron chi connectivity index (χ0n) is 11.0. The van der Waals surface area contributed by atoms with Crippen molar-refractivity contribution < 1.29 is 9.84 Å². The van der Waals surface area contributed by atoms with E-state index in [1.165, 1.54) is 5.56 Å². The first-order valence-corrected chi connectivity index (χ1v) is 6.21. The highest BCUT2D eigenvalue weighted by Crippen LogP contribution is 2.19. The Morgan fingerprint density at radius 3 is 2.59 bits per heavy atom. The van der Waals surface area contributed by atoms with Gasteiger partial charge in [0.2, 0.25) is 0 Å². The van der Waals surface area contributed by atoms with Gasteiger partial charge in [0.25, 0.3) is 0 Å². The molecule has 0 amide bonds. The molecule has 0 saturated heterocycles. The summed E-state index contributed by atoms with van der Waals surface area (Å²) < 4.78 is 5.81. The quantitative estimate of drug-likeness (QED) is 0.762. The molecule has 0 radical (unpaired) electrons. The van der Waals surface area contributed by atoms with E-state index < -0.39 is 0 Å². The minimum atomic E-state index is -0.379. The summed E-state index contributed by atoms with van der Waals surface area (Å²) in [6.45, 7) is 7.44. The molecule has 17 heavy (non-hydrogen) atoms. The van der Waals surface area contributed by atoms with E-state index in [-0.39, 0.29) is 12.1 Å². The minimum absolute atomic E-state index is 0.0646. The van der Waals surface area contributed by atoms with Gasteiger partial charge in [0.05, 0.1) is 12.1 Å². The van der Waals surface area contributed by atoms with Gasteiger partial charge < -0.3 is 15.2 Å². The van der Waals surface area contributed by atoms with Crippen LogP contribution in [0.15, 0.2) is 24.3 Å². The second-order valence-corrected chi connectivity index (χ2v) is 4.50. The molecular formula is C14H23NO2. The lowest BCUT2D eigenvalue weighted by Gasteiger charge is -2.28. The first-order valence-electron chi connectivity index (χ1n) is 6.21. The number of likely N-dealkylation sites (N-methyl/N-ethyl adjacent to an activating group) is 1. The number of aryl methyl sites for hydroxylation is 1. The van der Waals surface area contributed by atoms with Gasteiger partial charge in [-0.05, 0) is 31.5 Å². The average molecular weight is 237 g/mol. The van der Waals surface area contributed by atoms with Gasteiger partial charge in [0.15, 0.2) is 0 Å². The van der Waals surface area contributed by atoms with Crippen LogP contribution < -0.4 is 10.1 Å². The summed E-state index contributed by atoms with van der Waals surface area (Å²) in [4.78, 5) is 0. The van der Waals surface area contributed by atoms with Crippen LogP contribution in [0.1, 0.15) is 26.3 Å². The van der Waals surface area contributed by atoms with Crippen molar-refractivity contribution in [1.82, 2.24) is 5.32 Å². The Morgan fingerprint density at radius 2 is 2.00 bits per heavy atom. The summed E-state index contributed by atoms with van der Waals surface area (Å²) >= 11 is 0. The summed E-state index contributed by atoms with van der Waals surface area (Å²) in [5.41, 5.74) is 0.819. The van der Waals surface area contributed by atoms with Crippen LogP contribution in [0.3, 0.4) is 0 Å². The summed E-state index contributed by atoms with van der Waals surface area (Å²) in [5.74, 6) is 0.910. The topological polar surface area (TPSA) is 41.5 Å². The van der Waals surface area contributed by atoms with Crippen LogP contribution in [-0.4, -0.2) is 30.4 Å². The predicted octanol–water partition coefficient (Wildman–Crippen LogP) is 1.99. The van der Waals surface area contributed by atoms with Gasteiger partial charge in [0.1, 0.15) is 12.4 Å². The van der Waals surface area contributed by atoms with E-state index in [2.05, 4.69) is 18.3 Å². The van der Waals surface area contributed by atoms with Crippen molar-refractivity contribution in [2.24, 2.45) is 0 Å². The number of para-hydroxylation sites is 1. The molecular weight excluding hydrogens is 214 g/mol. The van der Waals surface area contributed by atoms with Crippen LogP contribution in [0.5, 0.6) is 5.75 Å². The number of hydrogen-bond acceptors (Lipinski definition) is 3. The van der Waals surface area contributed by atoms with E-state index in [0.717, 1.165) is 18.7 Å². The van der Waals surface area contributed by atoms with Crippen molar-refractivity contribution in [3.63, 3.8) is 0 Å². The second kappa shape index (κ2) is 6.62. The number of nitrogens with one attached hydrogen (secondary N) is 1. The Labute approximate surface area is 104 Å². The molecule has 0 aliphatic heterocycles. The first kappa shape index (κ1) is 14.0. The number of benzene rings is 1. The maximum atomic E-state index is 9.38. The molecule has 0 aliphatic carbocycles. The fourth-order valence-corrected chi connectivity index (χ4v) is 1.75. The molecule has 1 unspecified atom stereocenters. The third kappa shape index (κ3) is 4.02. The van der Waals surface area contributed by atoms with Gasteiger partial charge in [-0.15, -0.1) is 0 Å². The SMILES string of the molecule is CCNC(C)(CO)COc1ccccc1CC. The molecule has 1 atom stereocenters. The molecule has 96 valence electrons. The van der Waals surface area contributed by atoms with Crippen molar-refractivity contribution in [3.05, 3.63) is 29.8 Å². The number of rotatable bonds is 7. The lowest BCUT2D eigenvalue weighted by molar-refractivity contribution is 0.117. The molecule has 0 bridgehead atoms. The van der Waals surface area contributed by atoms with Crippen LogP contribution in [0, 0.1) is 0 Å². The monoisotopic (exact) mass is 237 g/mol. The molecule has 0 fully saturated rings. The van der Waals surface area contributed by atoms with Gasteiger partial charge in [-0.3, -0.25) is 0 Å². The van der Waals surface area contributed by atoms with E-state index >= 15 is 0 Å². The molecule has 0 aromatic heterocycles.